The second-order valence-electron chi connectivity index (χ2n) is 8.21. The van der Waals surface area contributed by atoms with Gasteiger partial charge in [0.25, 0.3) is 0 Å². The summed E-state index contributed by atoms with van der Waals surface area (Å²) in [7, 11) is -3.49. The first-order chi connectivity index (χ1) is 13.9. The lowest BCUT2D eigenvalue weighted by Crippen LogP contribution is -2.52. The lowest BCUT2D eigenvalue weighted by atomic mass is 9.85. The second-order valence-corrected chi connectivity index (χ2v) is 10.0. The maximum atomic E-state index is 12.8. The van der Waals surface area contributed by atoms with Crippen LogP contribution in [0.5, 0.6) is 0 Å². The van der Waals surface area contributed by atoms with Gasteiger partial charge in [0.15, 0.2) is 0 Å². The van der Waals surface area contributed by atoms with Gasteiger partial charge in [-0.1, -0.05) is 43.2 Å². The highest BCUT2D eigenvalue weighted by molar-refractivity contribution is 7.92. The predicted molar refractivity (Wildman–Crippen MR) is 110 cm³/mol. The number of benzene rings is 1. The van der Waals surface area contributed by atoms with Gasteiger partial charge in [-0.15, -0.1) is 0 Å². The first-order valence-corrected chi connectivity index (χ1v) is 11.7. The van der Waals surface area contributed by atoms with E-state index in [1.54, 1.807) is 6.08 Å². The number of hydrogen-bond acceptors (Lipinski definition) is 5. The summed E-state index contributed by atoms with van der Waals surface area (Å²) >= 11 is 0. The molecule has 2 amide bonds. The Morgan fingerprint density at radius 2 is 1.62 bits per heavy atom. The molecule has 0 unspecified atom stereocenters. The van der Waals surface area contributed by atoms with E-state index in [1.807, 2.05) is 35.2 Å². The quantitative estimate of drug-likeness (QED) is 0.684. The number of imide groups is 1. The van der Waals surface area contributed by atoms with Crippen molar-refractivity contribution in [2.24, 2.45) is 5.41 Å². The summed E-state index contributed by atoms with van der Waals surface area (Å²) in [4.78, 5) is 28.6. The van der Waals surface area contributed by atoms with Crippen LogP contribution in [0.1, 0.15) is 37.7 Å². The summed E-state index contributed by atoms with van der Waals surface area (Å²) in [6.45, 7) is 1.98. The smallest absolute Gasteiger partial charge is 0.237 e. The number of carbonyl (C=O) groups excluding carboxylic acids is 2. The normalized spacial score (nSPS) is 23.7. The molecule has 2 aliphatic heterocycles. The molecule has 1 aromatic carbocycles. The minimum atomic E-state index is -3.49. The Morgan fingerprint density at radius 3 is 2.28 bits per heavy atom. The molecule has 0 aromatic heterocycles. The van der Waals surface area contributed by atoms with E-state index in [0.29, 0.717) is 32.6 Å². The van der Waals surface area contributed by atoms with E-state index >= 15 is 0 Å². The zero-order chi connectivity index (χ0) is 20.5. The van der Waals surface area contributed by atoms with E-state index in [-0.39, 0.29) is 18.5 Å². The number of piperazine rings is 1. The van der Waals surface area contributed by atoms with Crippen molar-refractivity contribution in [3.8, 4) is 0 Å². The van der Waals surface area contributed by atoms with Crippen LogP contribution in [-0.2, 0) is 19.6 Å². The van der Waals surface area contributed by atoms with Gasteiger partial charge >= 0.3 is 0 Å². The molecule has 156 valence electrons. The molecule has 2 saturated heterocycles. The molecular weight excluding hydrogens is 390 g/mol. The van der Waals surface area contributed by atoms with Crippen LogP contribution >= 0.6 is 0 Å². The first kappa shape index (κ1) is 20.3. The minimum absolute atomic E-state index is 0.0270. The Balaban J connectivity index is 1.33. The highest BCUT2D eigenvalue weighted by Crippen LogP contribution is 2.46. The van der Waals surface area contributed by atoms with Gasteiger partial charge in [0.2, 0.25) is 21.8 Å². The Hall–Kier alpha value is -2.03. The first-order valence-electron chi connectivity index (χ1n) is 10.2. The maximum Gasteiger partial charge on any atom is 0.237 e. The fourth-order valence-corrected chi connectivity index (χ4v) is 5.76. The molecule has 1 aromatic rings. The van der Waals surface area contributed by atoms with Gasteiger partial charge < -0.3 is 0 Å². The van der Waals surface area contributed by atoms with Crippen molar-refractivity contribution in [1.82, 2.24) is 14.1 Å². The van der Waals surface area contributed by atoms with E-state index in [0.717, 1.165) is 31.2 Å². The largest absolute Gasteiger partial charge is 0.283 e. The van der Waals surface area contributed by atoms with Gasteiger partial charge in [0.1, 0.15) is 0 Å². The van der Waals surface area contributed by atoms with E-state index in [1.165, 1.54) is 14.6 Å². The molecule has 0 N–H and O–H groups in total. The molecular formula is C21H27N3O4S. The van der Waals surface area contributed by atoms with Crippen LogP contribution in [0.2, 0.25) is 0 Å². The third-order valence-corrected chi connectivity index (χ3v) is 7.88. The van der Waals surface area contributed by atoms with Gasteiger partial charge in [0.05, 0.1) is 12.1 Å². The predicted octanol–water partition coefficient (Wildman–Crippen LogP) is 1.88. The molecule has 4 rings (SSSR count). The molecule has 0 radical (unpaired) electrons. The summed E-state index contributed by atoms with van der Waals surface area (Å²) < 4.78 is 26.6. The van der Waals surface area contributed by atoms with Crippen LogP contribution in [-0.4, -0.2) is 67.2 Å². The number of carbonyl (C=O) groups is 2. The van der Waals surface area contributed by atoms with Crippen LogP contribution in [0.25, 0.3) is 6.08 Å². The molecule has 0 bridgehead atoms. The Labute approximate surface area is 172 Å². The summed E-state index contributed by atoms with van der Waals surface area (Å²) in [6.07, 6.45) is 5.59. The highest BCUT2D eigenvalue weighted by atomic mass is 32.2. The van der Waals surface area contributed by atoms with Crippen LogP contribution in [0.15, 0.2) is 35.7 Å². The lowest BCUT2D eigenvalue weighted by molar-refractivity contribution is -0.144. The van der Waals surface area contributed by atoms with Crippen molar-refractivity contribution >= 4 is 27.9 Å². The average molecular weight is 418 g/mol. The van der Waals surface area contributed by atoms with Gasteiger partial charge in [-0.2, -0.15) is 4.31 Å². The Morgan fingerprint density at radius 1 is 0.966 bits per heavy atom. The molecule has 8 heteroatoms. The zero-order valence-corrected chi connectivity index (χ0v) is 17.3. The van der Waals surface area contributed by atoms with Crippen LogP contribution in [0, 0.1) is 5.41 Å². The molecule has 2 heterocycles. The van der Waals surface area contributed by atoms with E-state index < -0.39 is 15.4 Å². The van der Waals surface area contributed by atoms with Crippen molar-refractivity contribution in [2.45, 2.75) is 32.1 Å². The highest BCUT2D eigenvalue weighted by Gasteiger charge is 2.52. The number of rotatable bonds is 5. The summed E-state index contributed by atoms with van der Waals surface area (Å²) in [5.74, 6) is -0.112. The number of likely N-dealkylation sites (tertiary alicyclic amines) is 1. The average Bonchev–Trinajstić information content (AvgIpc) is 3.28. The SMILES string of the molecule is O=C1CC2(CCCC2)C(=O)N1CN1CCN(S(=O)(=O)C=Cc2ccccc2)CC1. The molecule has 29 heavy (non-hydrogen) atoms. The third kappa shape index (κ3) is 4.15. The second kappa shape index (κ2) is 8.01. The Kier molecular flexibility index (Phi) is 5.59. The van der Waals surface area contributed by atoms with Crippen molar-refractivity contribution in [3.63, 3.8) is 0 Å². The van der Waals surface area contributed by atoms with Crippen LogP contribution in [0.3, 0.4) is 0 Å². The van der Waals surface area contributed by atoms with E-state index in [9.17, 15) is 18.0 Å². The molecule has 3 aliphatic rings. The maximum absolute atomic E-state index is 12.8. The van der Waals surface area contributed by atoms with E-state index in [2.05, 4.69) is 0 Å². The molecule has 1 spiro atoms. The van der Waals surface area contributed by atoms with Gasteiger partial charge in [-0.25, -0.2) is 8.42 Å². The van der Waals surface area contributed by atoms with Crippen molar-refractivity contribution in [3.05, 3.63) is 41.3 Å². The van der Waals surface area contributed by atoms with Crippen molar-refractivity contribution < 1.29 is 18.0 Å². The zero-order valence-electron chi connectivity index (χ0n) is 16.5. The van der Waals surface area contributed by atoms with Crippen molar-refractivity contribution in [2.75, 3.05) is 32.8 Å². The number of nitrogens with zero attached hydrogens (tertiary/aromatic N) is 3. The van der Waals surface area contributed by atoms with Gasteiger partial charge in [-0.3, -0.25) is 19.4 Å². The number of hydrogen-bond donors (Lipinski definition) is 0. The molecule has 1 aliphatic carbocycles. The minimum Gasteiger partial charge on any atom is -0.283 e. The topological polar surface area (TPSA) is 78.0 Å². The Bertz CT molecular complexity index is 899. The molecule has 0 atom stereocenters. The number of sulfonamides is 1. The van der Waals surface area contributed by atoms with E-state index in [4.69, 9.17) is 0 Å². The standard InChI is InChI=1S/C21H27N3O4S/c25-19-16-21(9-4-5-10-21)20(26)24(19)17-22-11-13-23(14-12-22)29(27,28)15-8-18-6-2-1-3-7-18/h1-3,6-8,15H,4-5,9-14,16-17H2. The van der Waals surface area contributed by atoms with Crippen LogP contribution < -0.4 is 0 Å². The number of amides is 2. The summed E-state index contributed by atoms with van der Waals surface area (Å²) in [5, 5.41) is 1.25. The lowest BCUT2D eigenvalue weighted by Gasteiger charge is -2.35. The molecule has 7 nitrogen and oxygen atoms in total. The van der Waals surface area contributed by atoms with Crippen molar-refractivity contribution in [1.29, 1.82) is 0 Å². The van der Waals surface area contributed by atoms with Gasteiger partial charge in [-0.05, 0) is 24.5 Å². The third-order valence-electron chi connectivity index (χ3n) is 6.31. The monoisotopic (exact) mass is 417 g/mol. The fourth-order valence-electron chi connectivity index (χ4n) is 4.59. The summed E-state index contributed by atoms with van der Waals surface area (Å²) in [6, 6.07) is 9.31. The summed E-state index contributed by atoms with van der Waals surface area (Å²) in [5.41, 5.74) is 0.381. The molecule has 3 fully saturated rings. The molecule has 1 saturated carbocycles. The van der Waals surface area contributed by atoms with Gasteiger partial charge in [0, 0.05) is 38.0 Å². The fraction of sp³-hybridized carbons (Fsp3) is 0.524. The van der Waals surface area contributed by atoms with Crippen LogP contribution in [0.4, 0.5) is 0 Å².